The molecule has 1 fully saturated rings. The first-order valence-corrected chi connectivity index (χ1v) is 7.71. The second-order valence-corrected chi connectivity index (χ2v) is 6.02. The smallest absolute Gasteiger partial charge is 0.317 e. The van der Waals surface area contributed by atoms with Crippen LogP contribution in [0.15, 0.2) is 18.2 Å². The fourth-order valence-electron chi connectivity index (χ4n) is 2.71. The maximum atomic E-state index is 13.4. The largest absolute Gasteiger partial charge is 0.489 e. The van der Waals surface area contributed by atoms with Crippen LogP contribution in [0.2, 0.25) is 0 Å². The Balaban J connectivity index is 1.67. The molecule has 2 amide bonds. The number of likely N-dealkylation sites (tertiary alicyclic amines) is 1. The van der Waals surface area contributed by atoms with Gasteiger partial charge in [0.2, 0.25) is 0 Å². The lowest BCUT2D eigenvalue weighted by Gasteiger charge is -2.19. The van der Waals surface area contributed by atoms with Gasteiger partial charge in [0.25, 0.3) is 0 Å². The SMILES string of the molecule is CN(C)C[C@H]1CCN(C(=O)NCCOc2ccc(F)cc2F)C1. The third-order valence-corrected chi connectivity index (χ3v) is 3.73. The molecule has 1 aliphatic rings. The molecule has 1 atom stereocenters. The Morgan fingerprint density at radius 2 is 2.22 bits per heavy atom. The minimum absolute atomic E-state index is 0.0205. The van der Waals surface area contributed by atoms with Gasteiger partial charge in [-0.3, -0.25) is 0 Å². The zero-order valence-electron chi connectivity index (χ0n) is 13.5. The Hall–Kier alpha value is -1.89. The van der Waals surface area contributed by atoms with Crippen molar-refractivity contribution < 1.29 is 18.3 Å². The number of nitrogens with one attached hydrogen (secondary N) is 1. The molecule has 1 saturated heterocycles. The molecule has 7 heteroatoms. The van der Waals surface area contributed by atoms with E-state index in [4.69, 9.17) is 4.74 Å². The normalized spacial score (nSPS) is 17.6. The summed E-state index contributed by atoms with van der Waals surface area (Å²) in [5.41, 5.74) is 0. The van der Waals surface area contributed by atoms with E-state index in [0.717, 1.165) is 38.2 Å². The van der Waals surface area contributed by atoms with E-state index in [1.165, 1.54) is 6.07 Å². The third-order valence-electron chi connectivity index (χ3n) is 3.73. The number of carbonyl (C=O) groups is 1. The molecule has 1 N–H and O–H groups in total. The Kier molecular flexibility index (Phi) is 6.15. The molecule has 23 heavy (non-hydrogen) atoms. The topological polar surface area (TPSA) is 44.8 Å². The first-order valence-electron chi connectivity index (χ1n) is 7.71. The molecule has 1 aromatic carbocycles. The van der Waals surface area contributed by atoms with Gasteiger partial charge in [0, 0.05) is 25.7 Å². The van der Waals surface area contributed by atoms with Gasteiger partial charge in [0.05, 0.1) is 6.54 Å². The second-order valence-electron chi connectivity index (χ2n) is 6.02. The van der Waals surface area contributed by atoms with E-state index < -0.39 is 11.6 Å². The number of amides is 2. The summed E-state index contributed by atoms with van der Waals surface area (Å²) in [7, 11) is 4.04. The predicted molar refractivity (Wildman–Crippen MR) is 83.5 cm³/mol. The molecular formula is C16H23F2N3O2. The van der Waals surface area contributed by atoms with Crippen molar-refractivity contribution in [2.75, 3.05) is 46.9 Å². The first-order chi connectivity index (χ1) is 11.0. The molecule has 0 spiro atoms. The number of ether oxygens (including phenoxy) is 1. The number of benzene rings is 1. The van der Waals surface area contributed by atoms with Gasteiger partial charge >= 0.3 is 6.03 Å². The van der Waals surface area contributed by atoms with Crippen LogP contribution < -0.4 is 10.1 Å². The van der Waals surface area contributed by atoms with E-state index in [-0.39, 0.29) is 24.9 Å². The fraction of sp³-hybridized carbons (Fsp3) is 0.562. The Labute approximate surface area is 135 Å². The van der Waals surface area contributed by atoms with Crippen LogP contribution in [0.3, 0.4) is 0 Å². The van der Waals surface area contributed by atoms with Crippen LogP contribution in [0.1, 0.15) is 6.42 Å². The summed E-state index contributed by atoms with van der Waals surface area (Å²) < 4.78 is 31.3. The molecule has 1 heterocycles. The zero-order valence-corrected chi connectivity index (χ0v) is 13.5. The number of hydrogen-bond donors (Lipinski definition) is 1. The van der Waals surface area contributed by atoms with Crippen LogP contribution in [0.25, 0.3) is 0 Å². The molecule has 0 aromatic heterocycles. The summed E-state index contributed by atoms with van der Waals surface area (Å²) in [6.07, 6.45) is 1.00. The van der Waals surface area contributed by atoms with Crippen LogP contribution in [-0.2, 0) is 0 Å². The average Bonchev–Trinajstić information content (AvgIpc) is 2.93. The van der Waals surface area contributed by atoms with Gasteiger partial charge in [-0.05, 0) is 38.6 Å². The van der Waals surface area contributed by atoms with Crippen molar-refractivity contribution in [2.45, 2.75) is 6.42 Å². The van der Waals surface area contributed by atoms with Crippen LogP contribution in [-0.4, -0.2) is 62.7 Å². The highest BCUT2D eigenvalue weighted by molar-refractivity contribution is 5.74. The molecule has 0 bridgehead atoms. The monoisotopic (exact) mass is 327 g/mol. The number of carbonyl (C=O) groups excluding carboxylic acids is 1. The van der Waals surface area contributed by atoms with Crippen LogP contribution in [0.5, 0.6) is 5.75 Å². The van der Waals surface area contributed by atoms with Gasteiger partial charge in [-0.15, -0.1) is 0 Å². The lowest BCUT2D eigenvalue weighted by molar-refractivity contribution is 0.201. The van der Waals surface area contributed by atoms with E-state index >= 15 is 0 Å². The summed E-state index contributed by atoms with van der Waals surface area (Å²) in [5.74, 6) is -0.917. The van der Waals surface area contributed by atoms with Gasteiger partial charge in [0.15, 0.2) is 11.6 Å². The summed E-state index contributed by atoms with van der Waals surface area (Å²) in [4.78, 5) is 15.9. The zero-order chi connectivity index (χ0) is 16.8. The standard InChI is InChI=1S/C16H23F2N3O2/c1-20(2)10-12-5-7-21(11-12)16(22)19-6-8-23-15-4-3-13(17)9-14(15)18/h3-4,9,12H,5-8,10-11H2,1-2H3,(H,19,22)/t12-/m1/s1. The van der Waals surface area contributed by atoms with Gasteiger partial charge in [0.1, 0.15) is 12.4 Å². The highest BCUT2D eigenvalue weighted by Crippen LogP contribution is 2.18. The second kappa shape index (κ2) is 8.10. The van der Waals surface area contributed by atoms with Crippen LogP contribution in [0, 0.1) is 17.6 Å². The number of nitrogens with zero attached hydrogens (tertiary/aromatic N) is 2. The van der Waals surface area contributed by atoms with Crippen molar-refractivity contribution >= 4 is 6.03 Å². The predicted octanol–water partition coefficient (Wildman–Crippen LogP) is 1.94. The molecule has 5 nitrogen and oxygen atoms in total. The maximum absolute atomic E-state index is 13.4. The van der Waals surface area contributed by atoms with Crippen molar-refractivity contribution in [2.24, 2.45) is 5.92 Å². The van der Waals surface area contributed by atoms with Gasteiger partial charge in [-0.2, -0.15) is 0 Å². The fourth-order valence-corrected chi connectivity index (χ4v) is 2.71. The Bertz CT molecular complexity index is 540. The average molecular weight is 327 g/mol. The van der Waals surface area contributed by atoms with E-state index in [9.17, 15) is 13.6 Å². The molecule has 0 aliphatic carbocycles. The first kappa shape index (κ1) is 17.5. The van der Waals surface area contributed by atoms with Crippen molar-refractivity contribution in [3.05, 3.63) is 29.8 Å². The van der Waals surface area contributed by atoms with Crippen LogP contribution >= 0.6 is 0 Å². The summed E-state index contributed by atoms with van der Waals surface area (Å²) in [6, 6.07) is 3.00. The van der Waals surface area contributed by atoms with Gasteiger partial charge < -0.3 is 19.9 Å². The number of halogens is 2. The van der Waals surface area contributed by atoms with Crippen molar-refractivity contribution in [1.82, 2.24) is 15.1 Å². The van der Waals surface area contributed by atoms with Crippen molar-refractivity contribution in [3.63, 3.8) is 0 Å². The Morgan fingerprint density at radius 3 is 2.91 bits per heavy atom. The quantitative estimate of drug-likeness (QED) is 0.812. The van der Waals surface area contributed by atoms with Gasteiger partial charge in [-0.25, -0.2) is 13.6 Å². The molecule has 1 aromatic rings. The van der Waals surface area contributed by atoms with E-state index in [2.05, 4.69) is 10.2 Å². The van der Waals surface area contributed by atoms with E-state index in [1.54, 1.807) is 4.90 Å². The van der Waals surface area contributed by atoms with Crippen molar-refractivity contribution in [3.8, 4) is 5.75 Å². The highest BCUT2D eigenvalue weighted by Gasteiger charge is 2.26. The minimum atomic E-state index is -0.748. The summed E-state index contributed by atoms with van der Waals surface area (Å²) in [5, 5.41) is 2.75. The molecule has 0 saturated carbocycles. The minimum Gasteiger partial charge on any atom is -0.489 e. The summed E-state index contributed by atoms with van der Waals surface area (Å²) in [6.45, 7) is 2.86. The molecule has 1 aliphatic heterocycles. The highest BCUT2D eigenvalue weighted by atomic mass is 19.1. The molecule has 0 unspecified atom stereocenters. The van der Waals surface area contributed by atoms with Crippen LogP contribution in [0.4, 0.5) is 13.6 Å². The number of hydrogen-bond acceptors (Lipinski definition) is 3. The molecule has 2 rings (SSSR count). The third kappa shape index (κ3) is 5.35. The van der Waals surface area contributed by atoms with Gasteiger partial charge in [-0.1, -0.05) is 0 Å². The number of rotatable bonds is 6. The van der Waals surface area contributed by atoms with Crippen molar-refractivity contribution in [1.29, 1.82) is 0 Å². The summed E-state index contributed by atoms with van der Waals surface area (Å²) >= 11 is 0. The number of urea groups is 1. The lowest BCUT2D eigenvalue weighted by Crippen LogP contribution is -2.40. The maximum Gasteiger partial charge on any atom is 0.317 e. The lowest BCUT2D eigenvalue weighted by atomic mass is 10.1. The Morgan fingerprint density at radius 1 is 1.43 bits per heavy atom. The van der Waals surface area contributed by atoms with E-state index in [0.29, 0.717) is 5.92 Å². The van der Waals surface area contributed by atoms with E-state index in [1.807, 2.05) is 14.1 Å². The molecule has 128 valence electrons. The molecule has 0 radical (unpaired) electrons. The molecular weight excluding hydrogens is 304 g/mol.